The van der Waals surface area contributed by atoms with E-state index < -0.39 is 6.23 Å². The summed E-state index contributed by atoms with van der Waals surface area (Å²) in [5.74, 6) is 0.894. The molecule has 0 aromatic heterocycles. The van der Waals surface area contributed by atoms with Crippen molar-refractivity contribution in [1.82, 2.24) is 0 Å². The van der Waals surface area contributed by atoms with Crippen molar-refractivity contribution in [2.75, 3.05) is 4.90 Å². The van der Waals surface area contributed by atoms with Crippen LogP contribution in [0, 0.1) is 30.6 Å². The molecule has 1 amide bonds. The van der Waals surface area contributed by atoms with Gasteiger partial charge in [0, 0.05) is 11.6 Å². The van der Waals surface area contributed by atoms with Gasteiger partial charge in [0.05, 0.1) is 5.92 Å². The Morgan fingerprint density at radius 2 is 1.84 bits per heavy atom. The van der Waals surface area contributed by atoms with Gasteiger partial charge in [-0.1, -0.05) is 29.8 Å². The monoisotopic (exact) mass is 255 g/mol. The first kappa shape index (κ1) is 11.2. The number of hydrogen-bond acceptors (Lipinski definition) is 2. The van der Waals surface area contributed by atoms with Gasteiger partial charge < -0.3 is 5.11 Å². The summed E-state index contributed by atoms with van der Waals surface area (Å²) in [4.78, 5) is 14.2. The molecule has 19 heavy (non-hydrogen) atoms. The summed E-state index contributed by atoms with van der Waals surface area (Å²) >= 11 is 0. The summed E-state index contributed by atoms with van der Waals surface area (Å²) < 4.78 is 0. The lowest BCUT2D eigenvalue weighted by Gasteiger charge is -2.25. The van der Waals surface area contributed by atoms with Gasteiger partial charge in [-0.2, -0.15) is 0 Å². The number of allylic oxidation sites excluding steroid dienone is 2. The van der Waals surface area contributed by atoms with E-state index in [4.69, 9.17) is 0 Å². The lowest BCUT2D eigenvalue weighted by molar-refractivity contribution is -0.121. The SMILES string of the molecule is Cc1ccc(N2C(=O)[C@H]3[C@@H]([C@H]2O)[C@H]2C=C[C@@H]3C2)cc1. The average Bonchev–Trinajstić information content (AvgIpc) is 3.06. The number of aliphatic hydroxyl groups is 1. The molecule has 3 aliphatic rings. The maximum absolute atomic E-state index is 12.6. The first-order chi connectivity index (χ1) is 9.16. The molecule has 2 aliphatic carbocycles. The van der Waals surface area contributed by atoms with E-state index in [9.17, 15) is 9.90 Å². The molecule has 0 radical (unpaired) electrons. The Morgan fingerprint density at radius 1 is 1.16 bits per heavy atom. The maximum Gasteiger partial charge on any atom is 0.233 e. The molecule has 1 aromatic rings. The molecule has 0 spiro atoms. The summed E-state index contributed by atoms with van der Waals surface area (Å²) in [7, 11) is 0. The molecule has 98 valence electrons. The van der Waals surface area contributed by atoms with Gasteiger partial charge in [-0.15, -0.1) is 0 Å². The summed E-state index contributed by atoms with van der Waals surface area (Å²) in [5, 5.41) is 10.5. The van der Waals surface area contributed by atoms with E-state index in [2.05, 4.69) is 12.2 Å². The summed E-state index contributed by atoms with van der Waals surface area (Å²) in [6.45, 7) is 2.02. The van der Waals surface area contributed by atoms with Crippen LogP contribution in [0.25, 0.3) is 0 Å². The number of aliphatic hydroxyl groups excluding tert-OH is 1. The summed E-state index contributed by atoms with van der Waals surface area (Å²) in [5.41, 5.74) is 1.98. The lowest BCUT2D eigenvalue weighted by atomic mass is 9.85. The second-order valence-electron chi connectivity index (χ2n) is 6.01. The number of aryl methyl sites for hydroxylation is 1. The highest BCUT2D eigenvalue weighted by atomic mass is 16.3. The highest BCUT2D eigenvalue weighted by Crippen LogP contribution is 2.54. The molecule has 2 fully saturated rings. The van der Waals surface area contributed by atoms with Crippen molar-refractivity contribution in [3.8, 4) is 0 Å². The van der Waals surface area contributed by atoms with E-state index in [0.29, 0.717) is 11.8 Å². The number of carbonyl (C=O) groups is 1. The van der Waals surface area contributed by atoms with E-state index in [1.807, 2.05) is 31.2 Å². The van der Waals surface area contributed by atoms with Crippen LogP contribution >= 0.6 is 0 Å². The molecule has 1 N–H and O–H groups in total. The van der Waals surface area contributed by atoms with Gasteiger partial charge in [-0.3, -0.25) is 9.69 Å². The molecule has 0 unspecified atom stereocenters. The molecule has 5 atom stereocenters. The zero-order valence-electron chi connectivity index (χ0n) is 10.9. The van der Waals surface area contributed by atoms with Crippen molar-refractivity contribution in [3.05, 3.63) is 42.0 Å². The van der Waals surface area contributed by atoms with E-state index in [1.54, 1.807) is 4.90 Å². The second kappa shape index (κ2) is 3.70. The van der Waals surface area contributed by atoms with Crippen LogP contribution in [0.1, 0.15) is 12.0 Å². The van der Waals surface area contributed by atoms with Crippen LogP contribution in [0.4, 0.5) is 5.69 Å². The number of rotatable bonds is 1. The fraction of sp³-hybridized carbons (Fsp3) is 0.438. The summed E-state index contributed by atoms with van der Waals surface area (Å²) in [6.07, 6.45) is 4.72. The highest BCUT2D eigenvalue weighted by molar-refractivity contribution is 5.99. The van der Waals surface area contributed by atoms with Gasteiger partial charge in [-0.25, -0.2) is 0 Å². The van der Waals surface area contributed by atoms with Crippen LogP contribution in [0.5, 0.6) is 0 Å². The van der Waals surface area contributed by atoms with Crippen LogP contribution in [-0.2, 0) is 4.79 Å². The van der Waals surface area contributed by atoms with E-state index >= 15 is 0 Å². The molecular weight excluding hydrogens is 238 g/mol. The lowest BCUT2D eigenvalue weighted by Crippen LogP contribution is -2.36. The van der Waals surface area contributed by atoms with E-state index in [0.717, 1.165) is 17.7 Å². The van der Waals surface area contributed by atoms with Crippen molar-refractivity contribution in [1.29, 1.82) is 0 Å². The first-order valence-electron chi connectivity index (χ1n) is 6.93. The van der Waals surface area contributed by atoms with Gasteiger partial charge >= 0.3 is 0 Å². The molecular formula is C16H17NO2. The Bertz CT molecular complexity index is 563. The Morgan fingerprint density at radius 3 is 2.53 bits per heavy atom. The van der Waals surface area contributed by atoms with Crippen LogP contribution in [0.3, 0.4) is 0 Å². The number of hydrogen-bond donors (Lipinski definition) is 1. The first-order valence-corrected chi connectivity index (χ1v) is 6.93. The minimum Gasteiger partial charge on any atom is -0.373 e. The van der Waals surface area contributed by atoms with Crippen molar-refractivity contribution in [2.24, 2.45) is 23.7 Å². The Kier molecular flexibility index (Phi) is 2.19. The molecule has 1 saturated carbocycles. The van der Waals surface area contributed by atoms with Gasteiger partial charge in [-0.05, 0) is 37.3 Å². The number of carbonyl (C=O) groups excluding carboxylic acids is 1. The topological polar surface area (TPSA) is 40.5 Å². The standard InChI is InChI=1S/C16H17NO2/c1-9-2-6-12(7-3-9)17-15(18)13-10-4-5-11(8-10)14(13)16(17)19/h2-7,10-11,13-15,18H,8H2,1H3/t10-,11+,13-,14+,15+/m0/s1. The third-order valence-corrected chi connectivity index (χ3v) is 4.96. The fourth-order valence-corrected chi connectivity index (χ4v) is 4.06. The van der Waals surface area contributed by atoms with Crippen molar-refractivity contribution >= 4 is 11.6 Å². The van der Waals surface area contributed by atoms with Gasteiger partial charge in [0.2, 0.25) is 5.91 Å². The number of nitrogens with zero attached hydrogens (tertiary/aromatic N) is 1. The minimum atomic E-state index is -0.667. The van der Waals surface area contributed by atoms with Crippen LogP contribution in [-0.4, -0.2) is 17.2 Å². The van der Waals surface area contributed by atoms with Crippen LogP contribution in [0.15, 0.2) is 36.4 Å². The molecule has 4 rings (SSSR count). The van der Waals surface area contributed by atoms with Crippen molar-refractivity contribution < 1.29 is 9.90 Å². The minimum absolute atomic E-state index is 0.00805. The van der Waals surface area contributed by atoms with E-state index in [-0.39, 0.29) is 17.7 Å². The number of fused-ring (bicyclic) bond motifs is 5. The predicted octanol–water partition coefficient (Wildman–Crippen LogP) is 2.10. The zero-order chi connectivity index (χ0) is 13.1. The Labute approximate surface area is 112 Å². The third-order valence-electron chi connectivity index (χ3n) is 4.96. The predicted molar refractivity (Wildman–Crippen MR) is 72.4 cm³/mol. The maximum atomic E-state index is 12.6. The number of amides is 1. The molecule has 1 aromatic carbocycles. The molecule has 3 nitrogen and oxygen atoms in total. The molecule has 1 heterocycles. The molecule has 3 heteroatoms. The fourth-order valence-electron chi connectivity index (χ4n) is 4.06. The highest BCUT2D eigenvalue weighted by Gasteiger charge is 2.59. The van der Waals surface area contributed by atoms with Crippen molar-refractivity contribution in [2.45, 2.75) is 19.6 Å². The van der Waals surface area contributed by atoms with Gasteiger partial charge in [0.1, 0.15) is 6.23 Å². The molecule has 1 aliphatic heterocycles. The van der Waals surface area contributed by atoms with Gasteiger partial charge in [0.15, 0.2) is 0 Å². The Balaban J connectivity index is 1.72. The Hall–Kier alpha value is -1.61. The number of anilines is 1. The normalized spacial score (nSPS) is 39.2. The third kappa shape index (κ3) is 1.39. The zero-order valence-corrected chi connectivity index (χ0v) is 10.9. The molecule has 1 saturated heterocycles. The molecule has 2 bridgehead atoms. The quantitative estimate of drug-likeness (QED) is 0.781. The van der Waals surface area contributed by atoms with Crippen LogP contribution in [0.2, 0.25) is 0 Å². The van der Waals surface area contributed by atoms with E-state index in [1.165, 1.54) is 0 Å². The number of benzene rings is 1. The van der Waals surface area contributed by atoms with Crippen LogP contribution < -0.4 is 4.90 Å². The summed E-state index contributed by atoms with van der Waals surface area (Å²) in [6, 6.07) is 7.81. The second-order valence-corrected chi connectivity index (χ2v) is 6.01. The smallest absolute Gasteiger partial charge is 0.233 e. The van der Waals surface area contributed by atoms with Gasteiger partial charge in [0.25, 0.3) is 0 Å². The van der Waals surface area contributed by atoms with Crippen molar-refractivity contribution in [3.63, 3.8) is 0 Å². The largest absolute Gasteiger partial charge is 0.373 e. The average molecular weight is 255 g/mol.